The van der Waals surface area contributed by atoms with Crippen LogP contribution in [0.5, 0.6) is 0 Å². The van der Waals surface area contributed by atoms with Crippen molar-refractivity contribution in [3.05, 3.63) is 35.9 Å². The Labute approximate surface area is 95.3 Å². The number of hydrogen-bond acceptors (Lipinski definition) is 2. The molecule has 0 saturated carbocycles. The highest BCUT2D eigenvalue weighted by molar-refractivity contribution is 5.77. The van der Waals surface area contributed by atoms with E-state index in [1.165, 1.54) is 0 Å². The topological polar surface area (TPSA) is 61.1 Å². The van der Waals surface area contributed by atoms with Crippen LogP contribution in [-0.4, -0.2) is 11.1 Å². The lowest BCUT2D eigenvalue weighted by molar-refractivity contribution is -0.146. The largest absolute Gasteiger partial charge is 0.480 e. The fraction of sp³-hybridized carbons (Fsp3) is 0.385. The van der Waals surface area contributed by atoms with Crippen molar-refractivity contribution in [2.24, 2.45) is 5.41 Å². The summed E-state index contributed by atoms with van der Waals surface area (Å²) in [5, 5.41) is 18.1. The first-order chi connectivity index (χ1) is 7.64. The highest BCUT2D eigenvalue weighted by Crippen LogP contribution is 2.27. The van der Waals surface area contributed by atoms with Gasteiger partial charge < -0.3 is 5.11 Å². The number of rotatable bonds is 5. The normalized spacial score (nSPS) is 13.8. The monoisotopic (exact) mass is 217 g/mol. The molecular weight excluding hydrogens is 202 g/mol. The van der Waals surface area contributed by atoms with E-state index in [0.29, 0.717) is 19.3 Å². The number of benzene rings is 1. The zero-order valence-corrected chi connectivity index (χ0v) is 9.31. The van der Waals surface area contributed by atoms with E-state index in [-0.39, 0.29) is 0 Å². The molecule has 0 spiro atoms. The Balaban J connectivity index is 2.73. The van der Waals surface area contributed by atoms with Crippen molar-refractivity contribution in [3.8, 4) is 6.07 Å². The minimum atomic E-state index is -1.24. The van der Waals surface area contributed by atoms with Crippen LogP contribution in [-0.2, 0) is 11.2 Å². The molecule has 1 aromatic rings. The molecule has 1 aromatic carbocycles. The second kappa shape index (κ2) is 5.32. The third-order valence-electron chi connectivity index (χ3n) is 2.91. The predicted octanol–water partition coefficient (Wildman–Crippen LogP) is 2.62. The molecule has 0 amide bonds. The van der Waals surface area contributed by atoms with Crippen molar-refractivity contribution in [1.29, 1.82) is 5.26 Å². The first kappa shape index (κ1) is 12.3. The Kier molecular flexibility index (Phi) is 4.07. The molecular formula is C13H15NO2. The van der Waals surface area contributed by atoms with Gasteiger partial charge in [0.2, 0.25) is 0 Å². The van der Waals surface area contributed by atoms with E-state index in [1.807, 2.05) is 36.4 Å². The van der Waals surface area contributed by atoms with Gasteiger partial charge in [0.05, 0.1) is 6.07 Å². The molecule has 0 bridgehead atoms. The Bertz CT molecular complexity index is 394. The molecule has 0 heterocycles. The predicted molar refractivity (Wildman–Crippen MR) is 60.7 cm³/mol. The fourth-order valence-electron chi connectivity index (χ4n) is 1.62. The Morgan fingerprint density at radius 1 is 1.44 bits per heavy atom. The first-order valence-electron chi connectivity index (χ1n) is 5.33. The van der Waals surface area contributed by atoms with E-state index in [2.05, 4.69) is 0 Å². The summed E-state index contributed by atoms with van der Waals surface area (Å²) >= 11 is 0. The average molecular weight is 217 g/mol. The van der Waals surface area contributed by atoms with Gasteiger partial charge in [0, 0.05) is 0 Å². The number of carboxylic acids is 1. The average Bonchev–Trinajstić information content (AvgIpc) is 2.32. The highest BCUT2D eigenvalue weighted by Gasteiger charge is 2.36. The number of nitrogens with zero attached hydrogens (tertiary/aromatic N) is 1. The lowest BCUT2D eigenvalue weighted by atomic mass is 9.81. The van der Waals surface area contributed by atoms with Crippen molar-refractivity contribution < 1.29 is 9.90 Å². The highest BCUT2D eigenvalue weighted by atomic mass is 16.4. The summed E-state index contributed by atoms with van der Waals surface area (Å²) in [4.78, 5) is 11.1. The van der Waals surface area contributed by atoms with Gasteiger partial charge in [0.1, 0.15) is 0 Å². The SMILES string of the molecule is CCC(C#N)(CCc1ccccc1)C(=O)O. The van der Waals surface area contributed by atoms with Crippen molar-refractivity contribution in [1.82, 2.24) is 0 Å². The van der Waals surface area contributed by atoms with Crippen molar-refractivity contribution in [2.45, 2.75) is 26.2 Å². The molecule has 3 nitrogen and oxygen atoms in total. The molecule has 0 radical (unpaired) electrons. The second-order valence-electron chi connectivity index (χ2n) is 3.84. The zero-order chi connectivity index (χ0) is 12.0. The summed E-state index contributed by atoms with van der Waals surface area (Å²) in [5.41, 5.74) is -0.174. The molecule has 0 aliphatic carbocycles. The summed E-state index contributed by atoms with van der Waals surface area (Å²) in [6.07, 6.45) is 1.32. The molecule has 1 N–H and O–H groups in total. The molecule has 1 unspecified atom stereocenters. The number of hydrogen-bond donors (Lipinski definition) is 1. The lowest BCUT2D eigenvalue weighted by Crippen LogP contribution is -2.29. The molecule has 3 heteroatoms. The third kappa shape index (κ3) is 2.60. The van der Waals surface area contributed by atoms with Crippen LogP contribution >= 0.6 is 0 Å². The van der Waals surface area contributed by atoms with E-state index in [1.54, 1.807) is 6.92 Å². The number of aliphatic carboxylic acids is 1. The van der Waals surface area contributed by atoms with Gasteiger partial charge in [-0.05, 0) is 24.8 Å². The minimum Gasteiger partial charge on any atom is -0.480 e. The Morgan fingerprint density at radius 3 is 2.50 bits per heavy atom. The second-order valence-corrected chi connectivity index (χ2v) is 3.84. The quantitative estimate of drug-likeness (QED) is 0.824. The van der Waals surface area contributed by atoms with E-state index >= 15 is 0 Å². The van der Waals surface area contributed by atoms with Crippen LogP contribution in [0.1, 0.15) is 25.3 Å². The summed E-state index contributed by atoms with van der Waals surface area (Å²) in [5.74, 6) is -1.02. The first-order valence-corrected chi connectivity index (χ1v) is 5.33. The number of carboxylic acid groups (broad SMARTS) is 1. The standard InChI is InChI=1S/C13H15NO2/c1-2-13(10-14,12(15)16)9-8-11-6-4-3-5-7-11/h3-7H,2,8-9H2,1H3,(H,15,16). The zero-order valence-electron chi connectivity index (χ0n) is 9.31. The molecule has 16 heavy (non-hydrogen) atoms. The summed E-state index contributed by atoms with van der Waals surface area (Å²) in [7, 11) is 0. The van der Waals surface area contributed by atoms with E-state index in [4.69, 9.17) is 10.4 Å². The molecule has 1 atom stereocenters. The summed E-state index contributed by atoms with van der Waals surface area (Å²) < 4.78 is 0. The molecule has 0 saturated heterocycles. The molecule has 0 fully saturated rings. The minimum absolute atomic E-state index is 0.339. The van der Waals surface area contributed by atoms with Crippen LogP contribution < -0.4 is 0 Å². The summed E-state index contributed by atoms with van der Waals surface area (Å²) in [6, 6.07) is 11.6. The van der Waals surface area contributed by atoms with Gasteiger partial charge in [-0.15, -0.1) is 0 Å². The van der Waals surface area contributed by atoms with Gasteiger partial charge >= 0.3 is 5.97 Å². The van der Waals surface area contributed by atoms with Gasteiger partial charge in [0.25, 0.3) is 0 Å². The van der Waals surface area contributed by atoms with E-state index < -0.39 is 11.4 Å². The maximum absolute atomic E-state index is 11.1. The maximum Gasteiger partial charge on any atom is 0.324 e. The molecule has 84 valence electrons. The smallest absolute Gasteiger partial charge is 0.324 e. The van der Waals surface area contributed by atoms with Crippen LogP contribution in [0.2, 0.25) is 0 Å². The van der Waals surface area contributed by atoms with E-state index in [9.17, 15) is 4.79 Å². The van der Waals surface area contributed by atoms with Gasteiger partial charge in [-0.1, -0.05) is 37.3 Å². The molecule has 0 aliphatic rings. The maximum atomic E-state index is 11.1. The number of carbonyl (C=O) groups is 1. The number of nitriles is 1. The van der Waals surface area contributed by atoms with Gasteiger partial charge in [-0.3, -0.25) is 4.79 Å². The Morgan fingerprint density at radius 2 is 2.06 bits per heavy atom. The van der Waals surface area contributed by atoms with Crippen molar-refractivity contribution >= 4 is 5.97 Å². The van der Waals surface area contributed by atoms with Gasteiger partial charge in [-0.25, -0.2) is 0 Å². The van der Waals surface area contributed by atoms with Gasteiger partial charge in [0.15, 0.2) is 5.41 Å². The van der Waals surface area contributed by atoms with Crippen LogP contribution in [0, 0.1) is 16.7 Å². The molecule has 0 aromatic heterocycles. The van der Waals surface area contributed by atoms with Gasteiger partial charge in [-0.2, -0.15) is 5.26 Å². The fourth-order valence-corrected chi connectivity index (χ4v) is 1.62. The molecule has 0 aliphatic heterocycles. The lowest BCUT2D eigenvalue weighted by Gasteiger charge is -2.19. The summed E-state index contributed by atoms with van der Waals surface area (Å²) in [6.45, 7) is 1.74. The van der Waals surface area contributed by atoms with Crippen molar-refractivity contribution in [2.75, 3.05) is 0 Å². The van der Waals surface area contributed by atoms with Crippen molar-refractivity contribution in [3.63, 3.8) is 0 Å². The van der Waals surface area contributed by atoms with Crippen LogP contribution in [0.15, 0.2) is 30.3 Å². The van der Waals surface area contributed by atoms with E-state index in [0.717, 1.165) is 5.56 Å². The van der Waals surface area contributed by atoms with Crippen LogP contribution in [0.4, 0.5) is 0 Å². The third-order valence-corrected chi connectivity index (χ3v) is 2.91. The number of aryl methyl sites for hydroxylation is 1. The Hall–Kier alpha value is -1.82. The van der Waals surface area contributed by atoms with Crippen LogP contribution in [0.3, 0.4) is 0 Å². The van der Waals surface area contributed by atoms with Crippen LogP contribution in [0.25, 0.3) is 0 Å². The molecule has 1 rings (SSSR count).